The van der Waals surface area contributed by atoms with Crippen LogP contribution in [0, 0.1) is 5.82 Å². The molecule has 23 heavy (non-hydrogen) atoms. The highest BCUT2D eigenvalue weighted by molar-refractivity contribution is 5.93. The highest BCUT2D eigenvalue weighted by Crippen LogP contribution is 2.18. The van der Waals surface area contributed by atoms with E-state index >= 15 is 0 Å². The molecule has 2 aromatic heterocycles. The van der Waals surface area contributed by atoms with Gasteiger partial charge in [0.1, 0.15) is 23.4 Å². The molecule has 3 rings (SSSR count). The minimum atomic E-state index is -0.923. The summed E-state index contributed by atoms with van der Waals surface area (Å²) in [4.78, 5) is 12.0. The van der Waals surface area contributed by atoms with Crippen molar-refractivity contribution in [3.8, 4) is 11.3 Å². The molecule has 0 bridgehead atoms. The Morgan fingerprint density at radius 3 is 2.83 bits per heavy atom. The number of nitrogens with zero attached hydrogens (tertiary/aromatic N) is 1. The number of hydrogen-bond donors (Lipinski definition) is 3. The molecular formula is C16H14FN3O3. The summed E-state index contributed by atoms with van der Waals surface area (Å²) < 4.78 is 18.0. The van der Waals surface area contributed by atoms with Gasteiger partial charge in [0.2, 0.25) is 0 Å². The first-order valence-electron chi connectivity index (χ1n) is 6.94. The summed E-state index contributed by atoms with van der Waals surface area (Å²) >= 11 is 0. The van der Waals surface area contributed by atoms with Gasteiger partial charge in [-0.1, -0.05) is 0 Å². The van der Waals surface area contributed by atoms with E-state index in [4.69, 9.17) is 4.42 Å². The van der Waals surface area contributed by atoms with Crippen LogP contribution in [-0.2, 0) is 0 Å². The Bertz CT molecular complexity index is 781. The van der Waals surface area contributed by atoms with E-state index in [2.05, 4.69) is 15.5 Å². The van der Waals surface area contributed by atoms with Gasteiger partial charge in [0.05, 0.1) is 18.5 Å². The van der Waals surface area contributed by atoms with Crippen molar-refractivity contribution in [3.63, 3.8) is 0 Å². The second-order valence-corrected chi connectivity index (χ2v) is 4.91. The van der Waals surface area contributed by atoms with Gasteiger partial charge in [-0.25, -0.2) is 4.39 Å². The molecule has 1 amide bonds. The predicted molar refractivity (Wildman–Crippen MR) is 80.0 cm³/mol. The molecule has 0 spiro atoms. The zero-order chi connectivity index (χ0) is 16.2. The normalized spacial score (nSPS) is 12.1. The van der Waals surface area contributed by atoms with Crippen molar-refractivity contribution >= 4 is 5.91 Å². The van der Waals surface area contributed by atoms with Crippen LogP contribution in [0.2, 0.25) is 0 Å². The molecule has 1 unspecified atom stereocenters. The first-order chi connectivity index (χ1) is 11.1. The summed E-state index contributed by atoms with van der Waals surface area (Å²) in [5.41, 5.74) is 1.47. The molecule has 0 aliphatic heterocycles. The minimum absolute atomic E-state index is 0.0112. The number of rotatable bonds is 5. The minimum Gasteiger partial charge on any atom is -0.467 e. The number of amides is 1. The lowest BCUT2D eigenvalue weighted by atomic mass is 10.1. The van der Waals surface area contributed by atoms with Crippen LogP contribution in [0.3, 0.4) is 0 Å². The fourth-order valence-electron chi connectivity index (χ4n) is 2.07. The first kappa shape index (κ1) is 15.0. The number of carbonyl (C=O) groups excluding carboxylic acids is 1. The molecule has 7 heteroatoms. The van der Waals surface area contributed by atoms with Gasteiger partial charge in [-0.15, -0.1) is 0 Å². The number of nitrogens with one attached hydrogen (secondary N) is 2. The van der Waals surface area contributed by atoms with Gasteiger partial charge >= 0.3 is 0 Å². The summed E-state index contributed by atoms with van der Waals surface area (Å²) in [7, 11) is 0. The predicted octanol–water partition coefficient (Wildman–Crippen LogP) is 2.27. The number of H-pyrrole nitrogens is 1. The number of furan rings is 1. The van der Waals surface area contributed by atoms with Gasteiger partial charge in [-0.3, -0.25) is 9.89 Å². The average molecular weight is 315 g/mol. The van der Waals surface area contributed by atoms with Gasteiger partial charge in [0.15, 0.2) is 0 Å². The van der Waals surface area contributed by atoms with E-state index in [9.17, 15) is 14.3 Å². The van der Waals surface area contributed by atoms with Crippen LogP contribution in [0.1, 0.15) is 22.4 Å². The Morgan fingerprint density at radius 1 is 1.35 bits per heavy atom. The second kappa shape index (κ2) is 6.45. The maximum absolute atomic E-state index is 12.9. The number of aromatic nitrogens is 2. The van der Waals surface area contributed by atoms with Crippen molar-refractivity contribution < 1.29 is 18.7 Å². The molecule has 0 aliphatic rings. The molecule has 118 valence electrons. The number of aliphatic hydroxyl groups excluding tert-OH is 1. The van der Waals surface area contributed by atoms with Crippen molar-refractivity contribution in [1.82, 2.24) is 15.5 Å². The van der Waals surface area contributed by atoms with Crippen molar-refractivity contribution in [2.24, 2.45) is 0 Å². The highest BCUT2D eigenvalue weighted by atomic mass is 19.1. The van der Waals surface area contributed by atoms with Gasteiger partial charge in [-0.2, -0.15) is 5.10 Å². The highest BCUT2D eigenvalue weighted by Gasteiger charge is 2.15. The van der Waals surface area contributed by atoms with E-state index in [1.54, 1.807) is 30.3 Å². The van der Waals surface area contributed by atoms with E-state index in [0.717, 1.165) is 0 Å². The smallest absolute Gasteiger partial charge is 0.269 e. The van der Waals surface area contributed by atoms with Crippen LogP contribution in [0.15, 0.2) is 53.1 Å². The van der Waals surface area contributed by atoms with Crippen LogP contribution >= 0.6 is 0 Å². The monoisotopic (exact) mass is 315 g/mol. The molecule has 3 N–H and O–H groups in total. The molecule has 0 fully saturated rings. The maximum Gasteiger partial charge on any atom is 0.269 e. The third-order valence-electron chi connectivity index (χ3n) is 3.29. The van der Waals surface area contributed by atoms with E-state index < -0.39 is 12.0 Å². The lowest BCUT2D eigenvalue weighted by molar-refractivity contribution is 0.0896. The number of hydrogen-bond acceptors (Lipinski definition) is 4. The van der Waals surface area contributed by atoms with Crippen LogP contribution in [0.4, 0.5) is 4.39 Å². The molecule has 6 nitrogen and oxygen atoms in total. The van der Waals surface area contributed by atoms with Crippen molar-refractivity contribution in [1.29, 1.82) is 0 Å². The van der Waals surface area contributed by atoms with E-state index in [1.165, 1.54) is 18.4 Å². The van der Waals surface area contributed by atoms with Crippen LogP contribution in [0.5, 0.6) is 0 Å². The Balaban J connectivity index is 1.63. The number of aromatic amines is 1. The van der Waals surface area contributed by atoms with Gasteiger partial charge in [0.25, 0.3) is 5.91 Å². The fraction of sp³-hybridized carbons (Fsp3) is 0.125. The van der Waals surface area contributed by atoms with Crippen LogP contribution in [-0.4, -0.2) is 27.8 Å². The first-order valence-corrected chi connectivity index (χ1v) is 6.94. The average Bonchev–Trinajstić information content (AvgIpc) is 3.24. The zero-order valence-electron chi connectivity index (χ0n) is 12.0. The summed E-state index contributed by atoms with van der Waals surface area (Å²) in [6.07, 6.45) is 0.526. The van der Waals surface area contributed by atoms with Crippen LogP contribution < -0.4 is 5.32 Å². The lowest BCUT2D eigenvalue weighted by Gasteiger charge is -2.08. The molecule has 3 aromatic rings. The number of halogens is 1. The summed E-state index contributed by atoms with van der Waals surface area (Å²) in [5.74, 6) is -0.368. The fourth-order valence-corrected chi connectivity index (χ4v) is 2.07. The Hall–Kier alpha value is -2.93. The molecule has 0 saturated carbocycles. The second-order valence-electron chi connectivity index (χ2n) is 4.91. The SMILES string of the molecule is O=C(NCC(O)c1ccco1)c1cc(-c2ccc(F)cc2)n[nH]1. The number of aliphatic hydroxyl groups is 1. The summed E-state index contributed by atoms with van der Waals surface area (Å²) in [5, 5.41) is 19.1. The standard InChI is InChI=1S/C16H14FN3O3/c17-11-5-3-10(4-6-11)12-8-13(20-19-12)16(22)18-9-14(21)15-2-1-7-23-15/h1-8,14,21H,9H2,(H,18,22)(H,19,20). The third kappa shape index (κ3) is 3.46. The molecule has 2 heterocycles. The van der Waals surface area contributed by atoms with Crippen molar-refractivity contribution in [3.05, 3.63) is 66.0 Å². The number of benzene rings is 1. The van der Waals surface area contributed by atoms with E-state index in [1.807, 2.05) is 0 Å². The molecule has 0 saturated heterocycles. The Morgan fingerprint density at radius 2 is 2.13 bits per heavy atom. The molecular weight excluding hydrogens is 301 g/mol. The largest absolute Gasteiger partial charge is 0.467 e. The molecule has 0 radical (unpaired) electrons. The van der Waals surface area contributed by atoms with Crippen LogP contribution in [0.25, 0.3) is 11.3 Å². The maximum atomic E-state index is 12.9. The summed E-state index contributed by atoms with van der Waals surface area (Å²) in [6, 6.07) is 10.6. The molecule has 1 aromatic carbocycles. The molecule has 1 atom stereocenters. The molecule has 0 aliphatic carbocycles. The van der Waals surface area contributed by atoms with Gasteiger partial charge in [0, 0.05) is 5.56 Å². The van der Waals surface area contributed by atoms with Crippen molar-refractivity contribution in [2.45, 2.75) is 6.10 Å². The van der Waals surface area contributed by atoms with E-state index in [0.29, 0.717) is 17.0 Å². The van der Waals surface area contributed by atoms with Gasteiger partial charge in [-0.05, 0) is 42.5 Å². The van der Waals surface area contributed by atoms with E-state index in [-0.39, 0.29) is 18.1 Å². The Kier molecular flexibility index (Phi) is 4.20. The summed E-state index contributed by atoms with van der Waals surface area (Å²) in [6.45, 7) is 0.0112. The zero-order valence-corrected chi connectivity index (χ0v) is 12.0. The third-order valence-corrected chi connectivity index (χ3v) is 3.29. The van der Waals surface area contributed by atoms with Crippen molar-refractivity contribution in [2.75, 3.05) is 6.54 Å². The topological polar surface area (TPSA) is 91.2 Å². The number of carbonyl (C=O) groups is 1. The quantitative estimate of drug-likeness (QED) is 0.673. The Labute approximate surface area is 131 Å². The lowest BCUT2D eigenvalue weighted by Crippen LogP contribution is -2.28. The van der Waals surface area contributed by atoms with Gasteiger partial charge < -0.3 is 14.8 Å².